The van der Waals surface area contributed by atoms with Gasteiger partial charge in [0.15, 0.2) is 5.82 Å². The lowest BCUT2D eigenvalue weighted by Gasteiger charge is -2.06. The number of nitrogens with zero attached hydrogens (tertiary/aromatic N) is 3. The van der Waals surface area contributed by atoms with E-state index in [0.717, 1.165) is 11.4 Å². The highest BCUT2D eigenvalue weighted by Gasteiger charge is 2.30. The molecule has 0 aliphatic heterocycles. The van der Waals surface area contributed by atoms with E-state index in [1.807, 2.05) is 28.9 Å². The highest BCUT2D eigenvalue weighted by molar-refractivity contribution is 5.38. The van der Waals surface area contributed by atoms with Crippen molar-refractivity contribution >= 4 is 5.82 Å². The molecule has 3 rings (SSSR count). The summed E-state index contributed by atoms with van der Waals surface area (Å²) in [7, 11) is 1.67. The van der Waals surface area contributed by atoms with Crippen molar-refractivity contribution in [2.24, 2.45) is 0 Å². The Morgan fingerprint density at radius 3 is 2.67 bits per heavy atom. The molecule has 94 valence electrons. The van der Waals surface area contributed by atoms with E-state index in [0.29, 0.717) is 18.3 Å². The van der Waals surface area contributed by atoms with Gasteiger partial charge in [-0.1, -0.05) is 17.3 Å². The maximum Gasteiger partial charge on any atom is 0.169 e. The summed E-state index contributed by atoms with van der Waals surface area (Å²) in [4.78, 5) is 0. The zero-order valence-corrected chi connectivity index (χ0v) is 10.3. The monoisotopic (exact) mass is 244 g/mol. The predicted octanol–water partition coefficient (Wildman–Crippen LogP) is 1.79. The van der Waals surface area contributed by atoms with Crippen molar-refractivity contribution in [2.75, 3.05) is 12.8 Å². The first-order chi connectivity index (χ1) is 8.78. The van der Waals surface area contributed by atoms with Crippen LogP contribution in [0.5, 0.6) is 5.75 Å². The number of methoxy groups -OCH3 is 1. The van der Waals surface area contributed by atoms with Crippen molar-refractivity contribution in [3.63, 3.8) is 0 Å². The van der Waals surface area contributed by atoms with Crippen LogP contribution in [0.1, 0.15) is 30.0 Å². The van der Waals surface area contributed by atoms with Crippen LogP contribution < -0.4 is 10.5 Å². The number of rotatable bonds is 4. The minimum atomic E-state index is 0.554. The van der Waals surface area contributed by atoms with Gasteiger partial charge in [0.25, 0.3) is 0 Å². The minimum absolute atomic E-state index is 0.554. The van der Waals surface area contributed by atoms with Crippen LogP contribution >= 0.6 is 0 Å². The van der Waals surface area contributed by atoms with Crippen molar-refractivity contribution in [1.29, 1.82) is 0 Å². The first kappa shape index (κ1) is 11.1. The fourth-order valence-corrected chi connectivity index (χ4v) is 2.13. The van der Waals surface area contributed by atoms with Gasteiger partial charge in [-0.25, -0.2) is 4.68 Å². The van der Waals surface area contributed by atoms with Gasteiger partial charge in [0.05, 0.1) is 19.3 Å². The van der Waals surface area contributed by atoms with Crippen LogP contribution in [-0.2, 0) is 6.54 Å². The summed E-state index contributed by atoms with van der Waals surface area (Å²) in [5, 5.41) is 8.10. The van der Waals surface area contributed by atoms with E-state index in [2.05, 4.69) is 10.3 Å². The third kappa shape index (κ3) is 2.03. The smallest absolute Gasteiger partial charge is 0.169 e. The second-order valence-electron chi connectivity index (χ2n) is 4.64. The average molecular weight is 244 g/mol. The number of nitrogen functional groups attached to an aromatic ring is 1. The van der Waals surface area contributed by atoms with E-state index in [4.69, 9.17) is 10.5 Å². The molecule has 0 amide bonds. The van der Waals surface area contributed by atoms with E-state index in [1.165, 1.54) is 18.4 Å². The van der Waals surface area contributed by atoms with E-state index >= 15 is 0 Å². The van der Waals surface area contributed by atoms with Crippen LogP contribution in [0.2, 0.25) is 0 Å². The lowest BCUT2D eigenvalue weighted by molar-refractivity contribution is 0.414. The Balaban J connectivity index is 1.83. The van der Waals surface area contributed by atoms with Gasteiger partial charge in [0.1, 0.15) is 5.75 Å². The third-order valence-electron chi connectivity index (χ3n) is 3.26. The highest BCUT2D eigenvalue weighted by Crippen LogP contribution is 2.42. The van der Waals surface area contributed by atoms with Gasteiger partial charge in [0.2, 0.25) is 0 Å². The number of hydrogen-bond donors (Lipinski definition) is 1. The maximum absolute atomic E-state index is 5.87. The van der Waals surface area contributed by atoms with Crippen LogP contribution in [0.15, 0.2) is 24.3 Å². The molecule has 0 unspecified atom stereocenters. The van der Waals surface area contributed by atoms with Gasteiger partial charge in [-0.2, -0.15) is 0 Å². The molecule has 1 saturated carbocycles. The number of benzene rings is 1. The Bertz CT molecular complexity index is 543. The Hall–Kier alpha value is -2.04. The lowest BCUT2D eigenvalue weighted by Crippen LogP contribution is -2.06. The number of aromatic nitrogens is 3. The van der Waals surface area contributed by atoms with Crippen molar-refractivity contribution in [2.45, 2.75) is 25.3 Å². The minimum Gasteiger partial charge on any atom is -0.497 e. The summed E-state index contributed by atoms with van der Waals surface area (Å²) in [6.45, 7) is 0.708. The zero-order chi connectivity index (χ0) is 12.5. The third-order valence-corrected chi connectivity index (χ3v) is 3.26. The van der Waals surface area contributed by atoms with Crippen molar-refractivity contribution in [1.82, 2.24) is 15.0 Å². The Kier molecular flexibility index (Phi) is 2.66. The molecule has 1 aliphatic rings. The molecule has 0 atom stereocenters. The van der Waals surface area contributed by atoms with E-state index in [9.17, 15) is 0 Å². The summed E-state index contributed by atoms with van der Waals surface area (Å²) in [6.07, 6.45) is 2.39. The lowest BCUT2D eigenvalue weighted by atomic mass is 10.2. The molecule has 5 heteroatoms. The standard InChI is InChI=1S/C13H16N4O/c1-18-11-6-2-9(3-7-11)8-17-12(10-4-5-10)13(14)15-16-17/h2-3,6-7,10H,4-5,8,14H2,1H3. The molecule has 0 saturated heterocycles. The molecular weight excluding hydrogens is 228 g/mol. The Morgan fingerprint density at radius 2 is 2.06 bits per heavy atom. The summed E-state index contributed by atoms with van der Waals surface area (Å²) in [5.74, 6) is 1.99. The molecule has 1 fully saturated rings. The quantitative estimate of drug-likeness (QED) is 0.890. The number of anilines is 1. The molecular formula is C13H16N4O. The molecule has 0 spiro atoms. The number of hydrogen-bond acceptors (Lipinski definition) is 4. The first-order valence-electron chi connectivity index (χ1n) is 6.09. The van der Waals surface area contributed by atoms with Gasteiger partial charge in [-0.3, -0.25) is 0 Å². The first-order valence-corrected chi connectivity index (χ1v) is 6.09. The second kappa shape index (κ2) is 4.33. The number of ether oxygens (including phenoxy) is 1. The van der Waals surface area contributed by atoms with Gasteiger partial charge >= 0.3 is 0 Å². The van der Waals surface area contributed by atoms with E-state index in [-0.39, 0.29) is 0 Å². The summed E-state index contributed by atoms with van der Waals surface area (Å²) < 4.78 is 7.05. The zero-order valence-electron chi connectivity index (χ0n) is 10.3. The molecule has 1 heterocycles. The molecule has 2 aromatic rings. The van der Waals surface area contributed by atoms with Crippen LogP contribution in [-0.4, -0.2) is 22.1 Å². The highest BCUT2D eigenvalue weighted by atomic mass is 16.5. The van der Waals surface area contributed by atoms with E-state index < -0.39 is 0 Å². The average Bonchev–Trinajstić information content (AvgIpc) is 3.16. The molecule has 18 heavy (non-hydrogen) atoms. The largest absolute Gasteiger partial charge is 0.497 e. The molecule has 1 aliphatic carbocycles. The summed E-state index contributed by atoms with van der Waals surface area (Å²) >= 11 is 0. The normalized spacial score (nSPS) is 14.7. The van der Waals surface area contributed by atoms with Crippen LogP contribution in [0.3, 0.4) is 0 Å². The van der Waals surface area contributed by atoms with Gasteiger partial charge < -0.3 is 10.5 Å². The summed E-state index contributed by atoms with van der Waals surface area (Å²) in [5.41, 5.74) is 8.12. The Morgan fingerprint density at radius 1 is 1.33 bits per heavy atom. The molecule has 0 radical (unpaired) electrons. The van der Waals surface area contributed by atoms with Crippen molar-refractivity contribution in [3.8, 4) is 5.75 Å². The maximum atomic E-state index is 5.87. The topological polar surface area (TPSA) is 66.0 Å². The van der Waals surface area contributed by atoms with Gasteiger partial charge in [-0.05, 0) is 30.5 Å². The van der Waals surface area contributed by atoms with Crippen LogP contribution in [0, 0.1) is 0 Å². The van der Waals surface area contributed by atoms with Crippen LogP contribution in [0.25, 0.3) is 0 Å². The van der Waals surface area contributed by atoms with Gasteiger partial charge in [-0.15, -0.1) is 5.10 Å². The summed E-state index contributed by atoms with van der Waals surface area (Å²) in [6, 6.07) is 7.97. The SMILES string of the molecule is COc1ccc(Cn2nnc(N)c2C2CC2)cc1. The molecule has 2 N–H and O–H groups in total. The van der Waals surface area contributed by atoms with E-state index in [1.54, 1.807) is 7.11 Å². The second-order valence-corrected chi connectivity index (χ2v) is 4.64. The van der Waals surface area contributed by atoms with Gasteiger partial charge in [0, 0.05) is 5.92 Å². The Labute approximate surface area is 106 Å². The molecule has 5 nitrogen and oxygen atoms in total. The molecule has 1 aromatic heterocycles. The molecule has 1 aromatic carbocycles. The predicted molar refractivity (Wildman–Crippen MR) is 68.5 cm³/mol. The number of nitrogens with two attached hydrogens (primary N) is 1. The van der Waals surface area contributed by atoms with Crippen molar-refractivity contribution < 1.29 is 4.74 Å². The fourth-order valence-electron chi connectivity index (χ4n) is 2.13. The molecule has 0 bridgehead atoms. The fraction of sp³-hybridized carbons (Fsp3) is 0.385. The van der Waals surface area contributed by atoms with Crippen LogP contribution in [0.4, 0.5) is 5.82 Å². The van der Waals surface area contributed by atoms with Crippen molar-refractivity contribution in [3.05, 3.63) is 35.5 Å².